The van der Waals surface area contributed by atoms with Crippen molar-refractivity contribution in [1.82, 2.24) is 19.3 Å². The number of aliphatic imine (C=N–C) groups is 1. The molecule has 4 heterocycles. The topological polar surface area (TPSA) is 141 Å². The molecule has 0 aromatic carbocycles. The zero-order valence-corrected chi connectivity index (χ0v) is 21.6. The molecular weight excluding hydrogens is 466 g/mol. The maximum atomic E-state index is 9.73. The number of pyridine rings is 2. The van der Waals surface area contributed by atoms with Crippen molar-refractivity contribution in [3.8, 4) is 18.1 Å². The van der Waals surface area contributed by atoms with Gasteiger partial charge in [-0.2, -0.15) is 15.6 Å². The SMILES string of the molecule is CC(=NC1CCN(C#N)CC1)/C(=N\N)c1cc(OC(c2ccccn2)C(C)(C)C)n2c(C#N)cnc2c1. The summed E-state index contributed by atoms with van der Waals surface area (Å²) in [5, 5.41) is 22.9. The minimum Gasteiger partial charge on any atom is -0.468 e. The van der Waals surface area contributed by atoms with Gasteiger partial charge < -0.3 is 15.5 Å². The van der Waals surface area contributed by atoms with Gasteiger partial charge in [-0.3, -0.25) is 14.4 Å². The molecule has 3 aromatic heterocycles. The van der Waals surface area contributed by atoms with Crippen LogP contribution in [0.2, 0.25) is 0 Å². The number of nitriles is 2. The minimum atomic E-state index is -0.403. The monoisotopic (exact) mass is 497 g/mol. The van der Waals surface area contributed by atoms with Crippen molar-refractivity contribution in [2.75, 3.05) is 13.1 Å². The van der Waals surface area contributed by atoms with Crippen molar-refractivity contribution < 1.29 is 4.74 Å². The molecule has 10 nitrogen and oxygen atoms in total. The third-order valence-corrected chi connectivity index (χ3v) is 6.40. The Kier molecular flexibility index (Phi) is 7.40. The van der Waals surface area contributed by atoms with Crippen LogP contribution in [0, 0.1) is 28.2 Å². The van der Waals surface area contributed by atoms with E-state index >= 15 is 0 Å². The number of aromatic nitrogens is 3. The normalized spacial score (nSPS) is 16.3. The average Bonchev–Trinajstić information content (AvgIpc) is 3.31. The van der Waals surface area contributed by atoms with E-state index in [1.54, 1.807) is 15.5 Å². The number of fused-ring (bicyclic) bond motifs is 1. The van der Waals surface area contributed by atoms with Crippen LogP contribution in [0.1, 0.15) is 63.6 Å². The number of ether oxygens (including phenoxy) is 1. The lowest BCUT2D eigenvalue weighted by Gasteiger charge is -2.31. The number of nitrogens with two attached hydrogens (primary N) is 1. The Hall–Kier alpha value is -4.44. The first-order chi connectivity index (χ1) is 17.7. The molecule has 1 saturated heterocycles. The van der Waals surface area contributed by atoms with Crippen LogP contribution in [0.25, 0.3) is 5.65 Å². The van der Waals surface area contributed by atoms with Gasteiger partial charge in [0.1, 0.15) is 29.2 Å². The molecule has 0 bridgehead atoms. The highest BCUT2D eigenvalue weighted by atomic mass is 16.5. The fraction of sp³-hybridized carbons (Fsp3) is 0.407. The Balaban J connectivity index is 1.75. The number of nitrogens with zero attached hydrogens (tertiary/aromatic N) is 8. The van der Waals surface area contributed by atoms with Crippen molar-refractivity contribution in [1.29, 1.82) is 10.5 Å². The van der Waals surface area contributed by atoms with Crippen LogP contribution in [0.4, 0.5) is 0 Å². The zero-order chi connectivity index (χ0) is 26.6. The summed E-state index contributed by atoms with van der Waals surface area (Å²) in [6.07, 6.45) is 6.63. The molecule has 0 saturated carbocycles. The van der Waals surface area contributed by atoms with Crippen LogP contribution < -0.4 is 10.6 Å². The van der Waals surface area contributed by atoms with Gasteiger partial charge in [0.05, 0.1) is 23.6 Å². The lowest BCUT2D eigenvalue weighted by atomic mass is 9.86. The Bertz CT molecular complexity index is 1400. The highest BCUT2D eigenvalue weighted by molar-refractivity contribution is 6.47. The molecule has 3 aromatic rings. The Morgan fingerprint density at radius 1 is 1.19 bits per heavy atom. The molecule has 0 radical (unpaired) electrons. The molecule has 0 aliphatic carbocycles. The maximum absolute atomic E-state index is 9.73. The molecule has 0 spiro atoms. The molecule has 190 valence electrons. The quantitative estimate of drug-likeness (QED) is 0.236. The molecule has 2 N–H and O–H groups in total. The molecule has 0 amide bonds. The summed E-state index contributed by atoms with van der Waals surface area (Å²) in [5.74, 6) is 6.30. The van der Waals surface area contributed by atoms with Gasteiger partial charge in [-0.05, 0) is 38.0 Å². The number of imidazole rings is 1. The largest absolute Gasteiger partial charge is 0.468 e. The van der Waals surface area contributed by atoms with E-state index in [-0.39, 0.29) is 11.5 Å². The minimum absolute atomic E-state index is 0.0897. The van der Waals surface area contributed by atoms with Crippen LogP contribution in [0.5, 0.6) is 5.88 Å². The predicted molar refractivity (Wildman–Crippen MR) is 141 cm³/mol. The fourth-order valence-corrected chi connectivity index (χ4v) is 4.52. The van der Waals surface area contributed by atoms with Gasteiger partial charge in [0.15, 0.2) is 6.19 Å². The van der Waals surface area contributed by atoms with Crippen LogP contribution in [-0.2, 0) is 0 Å². The second kappa shape index (κ2) is 10.7. The molecule has 1 aliphatic heterocycles. The standard InChI is InChI=1S/C27H31N9O/c1-18(33-20-8-11-35(17-29)12-9-20)25(34-30)19-13-23-32-16-21(15-28)36(23)24(14-19)37-26(27(2,3)4)22-7-5-6-10-31-22/h5-7,10,13-14,16,20,26H,8-9,11-12,30H2,1-4H3/b33-18?,34-25+. The lowest BCUT2D eigenvalue weighted by Crippen LogP contribution is -2.32. The van der Waals surface area contributed by atoms with Crippen molar-refractivity contribution in [2.24, 2.45) is 21.4 Å². The van der Waals surface area contributed by atoms with E-state index in [1.165, 1.54) is 6.20 Å². The van der Waals surface area contributed by atoms with E-state index in [1.807, 2.05) is 37.3 Å². The van der Waals surface area contributed by atoms with E-state index in [9.17, 15) is 5.26 Å². The van der Waals surface area contributed by atoms with Gasteiger partial charge in [0, 0.05) is 36.3 Å². The third-order valence-electron chi connectivity index (χ3n) is 6.40. The molecule has 1 unspecified atom stereocenters. The number of hydrogen-bond acceptors (Lipinski definition) is 9. The molecule has 37 heavy (non-hydrogen) atoms. The van der Waals surface area contributed by atoms with E-state index in [4.69, 9.17) is 20.8 Å². The smallest absolute Gasteiger partial charge is 0.201 e. The van der Waals surface area contributed by atoms with Gasteiger partial charge in [-0.15, -0.1) is 0 Å². The Morgan fingerprint density at radius 2 is 1.95 bits per heavy atom. The summed E-state index contributed by atoms with van der Waals surface area (Å²) in [6.45, 7) is 9.48. The number of hydrazone groups is 1. The van der Waals surface area contributed by atoms with Crippen LogP contribution in [0.15, 0.2) is 52.8 Å². The van der Waals surface area contributed by atoms with Crippen LogP contribution in [0.3, 0.4) is 0 Å². The van der Waals surface area contributed by atoms with Crippen molar-refractivity contribution in [2.45, 2.75) is 52.7 Å². The predicted octanol–water partition coefficient (Wildman–Crippen LogP) is 3.84. The summed E-state index contributed by atoms with van der Waals surface area (Å²) in [5.41, 5.74) is 3.26. The molecule has 10 heteroatoms. The first kappa shape index (κ1) is 25.6. The van der Waals surface area contributed by atoms with Crippen molar-refractivity contribution in [3.63, 3.8) is 0 Å². The van der Waals surface area contributed by atoms with E-state index in [2.05, 4.69) is 48.1 Å². The molecule has 1 aliphatic rings. The third kappa shape index (κ3) is 5.54. The second-order valence-corrected chi connectivity index (χ2v) is 10.2. The number of rotatable bonds is 6. The first-order valence-corrected chi connectivity index (χ1v) is 12.2. The van der Waals surface area contributed by atoms with Gasteiger partial charge in [-0.1, -0.05) is 26.8 Å². The van der Waals surface area contributed by atoms with Gasteiger partial charge >= 0.3 is 0 Å². The van der Waals surface area contributed by atoms with Crippen LogP contribution >= 0.6 is 0 Å². The second-order valence-electron chi connectivity index (χ2n) is 10.2. The number of likely N-dealkylation sites (tertiary alicyclic amines) is 1. The average molecular weight is 498 g/mol. The fourth-order valence-electron chi connectivity index (χ4n) is 4.52. The highest BCUT2D eigenvalue weighted by Crippen LogP contribution is 2.37. The number of hydrogen-bond donors (Lipinski definition) is 1. The summed E-state index contributed by atoms with van der Waals surface area (Å²) < 4.78 is 8.29. The Morgan fingerprint density at radius 3 is 2.54 bits per heavy atom. The molecule has 1 fully saturated rings. The van der Waals surface area contributed by atoms with Gasteiger partial charge in [0.2, 0.25) is 5.88 Å². The molecule has 4 rings (SSSR count). The van der Waals surface area contributed by atoms with E-state index in [0.29, 0.717) is 47.3 Å². The first-order valence-electron chi connectivity index (χ1n) is 12.2. The lowest BCUT2D eigenvalue weighted by molar-refractivity contribution is 0.0769. The van der Waals surface area contributed by atoms with Crippen molar-refractivity contribution in [3.05, 3.63) is 59.7 Å². The van der Waals surface area contributed by atoms with E-state index < -0.39 is 6.10 Å². The van der Waals surface area contributed by atoms with Gasteiger partial charge in [-0.25, -0.2) is 4.98 Å². The maximum Gasteiger partial charge on any atom is 0.201 e. The molecule has 1 atom stereocenters. The van der Waals surface area contributed by atoms with E-state index in [0.717, 1.165) is 18.5 Å². The number of piperidine rings is 1. The molecular formula is C27H31N9O. The highest BCUT2D eigenvalue weighted by Gasteiger charge is 2.31. The summed E-state index contributed by atoms with van der Waals surface area (Å²) in [6, 6.07) is 11.6. The summed E-state index contributed by atoms with van der Waals surface area (Å²) in [7, 11) is 0. The van der Waals surface area contributed by atoms with Crippen molar-refractivity contribution >= 4 is 17.1 Å². The summed E-state index contributed by atoms with van der Waals surface area (Å²) in [4.78, 5) is 15.6. The van der Waals surface area contributed by atoms with Gasteiger partial charge in [0.25, 0.3) is 0 Å². The zero-order valence-electron chi connectivity index (χ0n) is 21.6. The summed E-state index contributed by atoms with van der Waals surface area (Å²) >= 11 is 0. The van der Waals surface area contributed by atoms with Crippen LogP contribution in [-0.4, -0.2) is 49.8 Å². The Labute approximate surface area is 216 Å².